The number of nitrogens with two attached hydrogens (primary N) is 3. The molecule has 16 nitrogen and oxygen atoms in total. The zero-order valence-electron chi connectivity index (χ0n) is 33.0. The van der Waals surface area contributed by atoms with Crippen LogP contribution in [0.15, 0.2) is 60.7 Å². The van der Waals surface area contributed by atoms with Crippen LogP contribution in [0, 0.1) is 11.8 Å². The lowest BCUT2D eigenvalue weighted by Gasteiger charge is -2.28. The molecule has 0 saturated heterocycles. The first-order valence-corrected chi connectivity index (χ1v) is 19.6. The van der Waals surface area contributed by atoms with Gasteiger partial charge >= 0.3 is 0 Å². The lowest BCUT2D eigenvalue weighted by molar-refractivity contribution is -0.136. The highest BCUT2D eigenvalue weighted by Crippen LogP contribution is 2.12. The van der Waals surface area contributed by atoms with Crippen molar-refractivity contribution in [1.82, 2.24) is 26.6 Å². The highest BCUT2D eigenvalue weighted by Gasteiger charge is 2.34. The predicted molar refractivity (Wildman–Crippen MR) is 218 cm³/mol. The quantitative estimate of drug-likeness (QED) is 0.0608. The van der Waals surface area contributed by atoms with Gasteiger partial charge in [-0.3, -0.25) is 38.4 Å². The van der Waals surface area contributed by atoms with Crippen LogP contribution in [-0.4, -0.2) is 89.1 Å². The van der Waals surface area contributed by atoms with E-state index in [0.717, 1.165) is 5.56 Å². The fourth-order valence-electron chi connectivity index (χ4n) is 5.92. The first kappa shape index (κ1) is 47.9. The summed E-state index contributed by atoms with van der Waals surface area (Å²) in [5, 5.41) is 13.0. The molecule has 0 aromatic heterocycles. The van der Waals surface area contributed by atoms with E-state index in [1.165, 1.54) is 0 Å². The third-order valence-electron chi connectivity index (χ3n) is 8.81. The van der Waals surface area contributed by atoms with E-state index >= 15 is 0 Å². The summed E-state index contributed by atoms with van der Waals surface area (Å²) in [6.07, 6.45) is -0.629. The molecule has 11 N–H and O–H groups in total. The van der Waals surface area contributed by atoms with Crippen molar-refractivity contribution in [3.8, 4) is 0 Å². The van der Waals surface area contributed by atoms with Crippen LogP contribution in [0.5, 0.6) is 0 Å². The second-order valence-electron chi connectivity index (χ2n) is 14.9. The summed E-state index contributed by atoms with van der Waals surface area (Å²) in [6, 6.07) is 10.5. The number of Topliss-reactive ketones (excluding diaryl/α,β-unsaturated/α-hetero) is 1. The maximum atomic E-state index is 14.0. The molecule has 0 spiro atoms. The average molecular weight is 811 g/mol. The second-order valence-corrected chi connectivity index (χ2v) is 15.2. The monoisotopic (exact) mass is 810 g/mol. The molecule has 312 valence electrons. The van der Waals surface area contributed by atoms with Gasteiger partial charge in [0.1, 0.15) is 24.2 Å². The van der Waals surface area contributed by atoms with Gasteiger partial charge in [0, 0.05) is 12.8 Å². The topological polar surface area (TPSA) is 275 Å². The van der Waals surface area contributed by atoms with E-state index in [1.54, 1.807) is 56.3 Å². The van der Waals surface area contributed by atoms with Crippen molar-refractivity contribution in [2.24, 2.45) is 29.0 Å². The molecule has 2 aromatic carbocycles. The number of carbonyl (C=O) groups excluding carboxylic acids is 8. The molecule has 0 aliphatic carbocycles. The van der Waals surface area contributed by atoms with Crippen LogP contribution in [0.25, 0.3) is 0 Å². The minimum absolute atomic E-state index is 0.00184. The van der Waals surface area contributed by atoms with Gasteiger partial charge in [-0.15, -0.1) is 0 Å². The van der Waals surface area contributed by atoms with Gasteiger partial charge in [-0.2, -0.15) is 12.6 Å². The minimum Gasteiger partial charge on any atom is -0.370 e. The van der Waals surface area contributed by atoms with Gasteiger partial charge in [0.15, 0.2) is 5.78 Å². The van der Waals surface area contributed by atoms with Crippen LogP contribution in [-0.2, 0) is 51.2 Å². The number of hydrogen-bond donors (Lipinski definition) is 9. The van der Waals surface area contributed by atoms with Crippen LogP contribution < -0.4 is 43.8 Å². The number of ketones is 1. The standard InChI is InChI=1S/C40H58N8O8S/c1-23(2)17-27(41)36(52)46-32(21-35(43)51)40(56)47-30(18-24(3)4)38(54)44-28(15-16-34(42)50)37(53)48-31(20-26-13-9-6-10-14-26)39(55)45-29(33(49)22-57)19-25-11-7-5-8-12-25/h5-14,23-24,27-32,57H,15-22,41H2,1-4H3,(H2,42,50)(H2,43,51)(H,44,54)(H,45,55)(H,46,52)(H,47,56)(H,48,53)/t27-,28-,29-,30-,31-,32-/m0/s1. The van der Waals surface area contributed by atoms with Crippen molar-refractivity contribution < 1.29 is 38.4 Å². The van der Waals surface area contributed by atoms with E-state index in [4.69, 9.17) is 17.2 Å². The van der Waals surface area contributed by atoms with Crippen molar-refractivity contribution in [2.75, 3.05) is 5.75 Å². The molecule has 0 fully saturated rings. The Kier molecular flexibility index (Phi) is 20.5. The Balaban J connectivity index is 2.38. The summed E-state index contributed by atoms with van der Waals surface area (Å²) >= 11 is 4.13. The predicted octanol–water partition coefficient (Wildman–Crippen LogP) is -0.0449. The molecule has 2 rings (SSSR count). The number of thiol groups is 1. The first-order valence-electron chi connectivity index (χ1n) is 18.9. The third-order valence-corrected chi connectivity index (χ3v) is 9.12. The summed E-state index contributed by atoms with van der Waals surface area (Å²) in [7, 11) is 0. The summed E-state index contributed by atoms with van der Waals surface area (Å²) in [4.78, 5) is 105. The van der Waals surface area contributed by atoms with Crippen LogP contribution in [0.2, 0.25) is 0 Å². The average Bonchev–Trinajstić information content (AvgIpc) is 3.14. The Bertz CT molecular complexity index is 1680. The zero-order valence-corrected chi connectivity index (χ0v) is 33.9. The van der Waals surface area contributed by atoms with Gasteiger partial charge in [0.25, 0.3) is 0 Å². The molecule has 57 heavy (non-hydrogen) atoms. The number of rotatable bonds is 25. The summed E-state index contributed by atoms with van der Waals surface area (Å²) in [6.45, 7) is 7.29. The van der Waals surface area contributed by atoms with Gasteiger partial charge in [0.05, 0.1) is 24.3 Å². The Morgan fingerprint density at radius 3 is 1.46 bits per heavy atom. The highest BCUT2D eigenvalue weighted by molar-refractivity contribution is 7.81. The van der Waals surface area contributed by atoms with Gasteiger partial charge in [0.2, 0.25) is 41.4 Å². The van der Waals surface area contributed by atoms with Crippen molar-refractivity contribution >= 4 is 59.8 Å². The van der Waals surface area contributed by atoms with Crippen LogP contribution in [0.3, 0.4) is 0 Å². The van der Waals surface area contributed by atoms with Crippen molar-refractivity contribution in [1.29, 1.82) is 0 Å². The Labute approximate surface area is 339 Å². The lowest BCUT2D eigenvalue weighted by Crippen LogP contribution is -2.60. The lowest BCUT2D eigenvalue weighted by atomic mass is 10.00. The SMILES string of the molecule is CC(C)C[C@H](NC(=O)[C@H](CC(N)=O)NC(=O)[C@@H](N)CC(C)C)C(=O)N[C@@H](CCC(N)=O)C(=O)N[C@@H](Cc1ccccc1)C(=O)N[C@@H](Cc1ccccc1)C(=O)CS. The zero-order chi connectivity index (χ0) is 42.7. The minimum atomic E-state index is -1.46. The van der Waals surface area contributed by atoms with Gasteiger partial charge in [-0.1, -0.05) is 88.4 Å². The van der Waals surface area contributed by atoms with E-state index in [-0.39, 0.29) is 55.5 Å². The fraction of sp³-hybridized carbons (Fsp3) is 0.500. The smallest absolute Gasteiger partial charge is 0.243 e. The van der Waals surface area contributed by atoms with Gasteiger partial charge in [-0.25, -0.2) is 0 Å². The van der Waals surface area contributed by atoms with Crippen molar-refractivity contribution in [2.45, 2.75) is 109 Å². The Morgan fingerprint density at radius 1 is 0.544 bits per heavy atom. The van der Waals surface area contributed by atoms with Crippen LogP contribution in [0.4, 0.5) is 0 Å². The van der Waals surface area contributed by atoms with E-state index in [9.17, 15) is 38.4 Å². The molecular weight excluding hydrogens is 753 g/mol. The first-order chi connectivity index (χ1) is 26.9. The van der Waals surface area contributed by atoms with E-state index in [2.05, 4.69) is 39.2 Å². The van der Waals surface area contributed by atoms with Gasteiger partial charge < -0.3 is 43.8 Å². The molecule has 7 amide bonds. The molecular formula is C40H58N8O8S. The van der Waals surface area contributed by atoms with Crippen molar-refractivity contribution in [3.05, 3.63) is 71.8 Å². The molecule has 2 aromatic rings. The Hall–Kier alpha value is -5.29. The molecule has 0 radical (unpaired) electrons. The number of amides is 7. The number of nitrogens with one attached hydrogen (secondary N) is 5. The summed E-state index contributed by atoms with van der Waals surface area (Å²) < 4.78 is 0. The summed E-state index contributed by atoms with van der Waals surface area (Å²) in [5.74, 6) is -6.18. The number of carbonyl (C=O) groups is 8. The molecule has 0 saturated carbocycles. The largest absolute Gasteiger partial charge is 0.370 e. The van der Waals surface area contributed by atoms with E-state index < -0.39 is 84.0 Å². The van der Waals surface area contributed by atoms with Crippen molar-refractivity contribution in [3.63, 3.8) is 0 Å². The van der Waals surface area contributed by atoms with Gasteiger partial charge in [-0.05, 0) is 48.6 Å². The third kappa shape index (κ3) is 18.0. The van der Waals surface area contributed by atoms with E-state index in [1.807, 2.05) is 32.0 Å². The fourth-order valence-corrected chi connectivity index (χ4v) is 6.14. The number of primary amides is 2. The maximum Gasteiger partial charge on any atom is 0.243 e. The molecule has 0 aliphatic heterocycles. The van der Waals surface area contributed by atoms with Crippen LogP contribution >= 0.6 is 12.6 Å². The Morgan fingerprint density at radius 2 is 0.965 bits per heavy atom. The molecule has 0 aliphatic rings. The van der Waals surface area contributed by atoms with E-state index in [0.29, 0.717) is 12.0 Å². The molecule has 0 heterocycles. The molecule has 0 bridgehead atoms. The normalized spacial score (nSPS) is 14.2. The molecule has 17 heteroatoms. The molecule has 6 atom stereocenters. The highest BCUT2D eigenvalue weighted by atomic mass is 32.1. The summed E-state index contributed by atoms with van der Waals surface area (Å²) in [5.41, 5.74) is 18.2. The molecule has 0 unspecified atom stereocenters. The van der Waals surface area contributed by atoms with Crippen LogP contribution in [0.1, 0.15) is 70.9 Å². The maximum absolute atomic E-state index is 14.0. The second kappa shape index (κ2) is 24.4. The number of benzene rings is 2. The number of hydrogen-bond acceptors (Lipinski definition) is 10.